The first kappa shape index (κ1) is 18.6. The van der Waals surface area contributed by atoms with E-state index in [1.807, 2.05) is 12.3 Å². The molecule has 1 saturated heterocycles. The highest BCUT2D eigenvalue weighted by Crippen LogP contribution is 2.17. The summed E-state index contributed by atoms with van der Waals surface area (Å²) in [5, 5.41) is 4.62. The van der Waals surface area contributed by atoms with Crippen molar-refractivity contribution in [3.63, 3.8) is 0 Å². The van der Waals surface area contributed by atoms with Gasteiger partial charge in [0.05, 0.1) is 5.56 Å². The van der Waals surface area contributed by atoms with Crippen LogP contribution >= 0.6 is 0 Å². The molecule has 1 aliphatic heterocycles. The second-order valence-electron chi connectivity index (χ2n) is 6.42. The normalized spacial score (nSPS) is 16.5. The molecule has 9 heteroatoms. The number of hydrogen-bond donors (Lipinski definition) is 1. The number of carbonyl (C=O) groups is 1. The number of sulfonamides is 1. The maximum absolute atomic E-state index is 12.6. The fourth-order valence-corrected chi connectivity index (χ4v) is 3.47. The number of nitrogens with two attached hydrogens (primary N) is 1. The molecule has 3 rings (SSSR count). The van der Waals surface area contributed by atoms with Crippen molar-refractivity contribution in [2.24, 2.45) is 5.14 Å². The van der Waals surface area contributed by atoms with E-state index < -0.39 is 15.1 Å². The maximum Gasteiger partial charge on any atom is 0.271 e. The number of hydrogen-bond acceptors (Lipinski definition) is 6. The van der Waals surface area contributed by atoms with Gasteiger partial charge in [-0.1, -0.05) is 0 Å². The van der Waals surface area contributed by atoms with Gasteiger partial charge in [0.2, 0.25) is 5.09 Å². The van der Waals surface area contributed by atoms with Crippen molar-refractivity contribution in [1.82, 2.24) is 14.8 Å². The van der Waals surface area contributed by atoms with Gasteiger partial charge in [-0.15, -0.1) is 0 Å². The predicted octanol–water partition coefficient (Wildman–Crippen LogP) is 0.979. The summed E-state index contributed by atoms with van der Waals surface area (Å²) in [6.45, 7) is 5.65. The largest absolute Gasteiger partial charge is 0.451 e. The zero-order chi connectivity index (χ0) is 18.7. The molecule has 2 aromatic heterocycles. The Morgan fingerprint density at radius 2 is 2.12 bits per heavy atom. The number of pyridine rings is 1. The molecule has 1 amide bonds. The molecule has 8 nitrogen and oxygen atoms in total. The third kappa shape index (κ3) is 4.29. The highest BCUT2D eigenvalue weighted by Gasteiger charge is 2.24. The minimum absolute atomic E-state index is 0.200. The predicted molar refractivity (Wildman–Crippen MR) is 94.9 cm³/mol. The topological polar surface area (TPSA) is 110 Å². The molecular formula is C17H22N4O4S. The van der Waals surface area contributed by atoms with E-state index in [9.17, 15) is 13.2 Å². The Morgan fingerprint density at radius 1 is 1.31 bits per heavy atom. The molecular weight excluding hydrogens is 356 g/mol. The fraction of sp³-hybridized carbons (Fsp3) is 0.412. The van der Waals surface area contributed by atoms with E-state index in [0.29, 0.717) is 13.1 Å². The SMILES string of the molecule is Cc1ccncc1CN1CCCN(C(=O)c2coc(S(N)(=O)=O)c2)CC1. The van der Waals surface area contributed by atoms with E-state index in [0.717, 1.165) is 32.3 Å². The zero-order valence-electron chi connectivity index (χ0n) is 14.6. The Balaban J connectivity index is 1.64. The number of furan rings is 1. The second-order valence-corrected chi connectivity index (χ2v) is 7.92. The van der Waals surface area contributed by atoms with Crippen molar-refractivity contribution >= 4 is 15.9 Å². The molecule has 0 aliphatic carbocycles. The van der Waals surface area contributed by atoms with Crippen molar-refractivity contribution in [2.45, 2.75) is 25.0 Å². The van der Waals surface area contributed by atoms with Crippen LogP contribution in [0.3, 0.4) is 0 Å². The number of aryl methyl sites for hydroxylation is 1. The molecule has 0 radical (unpaired) electrons. The Labute approximate surface area is 152 Å². The summed E-state index contributed by atoms with van der Waals surface area (Å²) in [6, 6.07) is 3.17. The van der Waals surface area contributed by atoms with E-state index in [4.69, 9.17) is 9.56 Å². The van der Waals surface area contributed by atoms with Crippen LogP contribution < -0.4 is 5.14 Å². The Hall–Kier alpha value is -2.23. The highest BCUT2D eigenvalue weighted by atomic mass is 32.2. The first-order valence-corrected chi connectivity index (χ1v) is 9.91. The van der Waals surface area contributed by atoms with Crippen LogP contribution in [0.15, 0.2) is 40.3 Å². The first-order chi connectivity index (χ1) is 12.3. The van der Waals surface area contributed by atoms with Gasteiger partial charge in [0.15, 0.2) is 0 Å². The molecule has 1 aliphatic rings. The van der Waals surface area contributed by atoms with Crippen molar-refractivity contribution in [3.05, 3.63) is 47.5 Å². The van der Waals surface area contributed by atoms with Crippen molar-refractivity contribution in [1.29, 1.82) is 0 Å². The lowest BCUT2D eigenvalue weighted by Crippen LogP contribution is -2.35. The summed E-state index contributed by atoms with van der Waals surface area (Å²) < 4.78 is 27.5. The third-order valence-corrected chi connectivity index (χ3v) is 5.29. The number of primary sulfonamides is 1. The van der Waals surface area contributed by atoms with Crippen molar-refractivity contribution in [3.8, 4) is 0 Å². The lowest BCUT2D eigenvalue weighted by molar-refractivity contribution is 0.0760. The summed E-state index contributed by atoms with van der Waals surface area (Å²) in [5.41, 5.74) is 2.58. The van der Waals surface area contributed by atoms with E-state index >= 15 is 0 Å². The highest BCUT2D eigenvalue weighted by molar-refractivity contribution is 7.89. The molecule has 1 fully saturated rings. The Bertz CT molecular complexity index is 894. The minimum Gasteiger partial charge on any atom is -0.451 e. The van der Waals surface area contributed by atoms with Crippen LogP contribution in [0, 0.1) is 6.92 Å². The van der Waals surface area contributed by atoms with E-state index in [1.54, 1.807) is 11.1 Å². The number of nitrogens with zero attached hydrogens (tertiary/aromatic N) is 3. The molecule has 0 spiro atoms. The van der Waals surface area contributed by atoms with Crippen LogP contribution in [0.1, 0.15) is 27.9 Å². The molecule has 0 bridgehead atoms. The standard InChI is InChI=1S/C17H22N4O4S/c1-13-3-4-19-10-15(13)11-20-5-2-6-21(8-7-20)17(22)14-9-16(25-12-14)26(18,23)24/h3-4,9-10,12H,2,5-8,11H2,1H3,(H2,18,23,24). The van der Waals surface area contributed by atoms with Gasteiger partial charge >= 0.3 is 0 Å². The van der Waals surface area contributed by atoms with Gasteiger partial charge in [-0.25, -0.2) is 13.6 Å². The second kappa shape index (κ2) is 7.56. The molecule has 0 saturated carbocycles. The molecule has 2 aromatic rings. The molecule has 26 heavy (non-hydrogen) atoms. The van der Waals surface area contributed by atoms with Gasteiger partial charge in [0.25, 0.3) is 15.9 Å². The lowest BCUT2D eigenvalue weighted by Gasteiger charge is -2.22. The number of rotatable bonds is 4. The summed E-state index contributed by atoms with van der Waals surface area (Å²) >= 11 is 0. The maximum atomic E-state index is 12.6. The molecule has 0 unspecified atom stereocenters. The van der Waals surface area contributed by atoms with Crippen LogP contribution in [-0.4, -0.2) is 55.3 Å². The summed E-state index contributed by atoms with van der Waals surface area (Å²) in [7, 11) is -3.95. The van der Waals surface area contributed by atoms with Crippen LogP contribution in [0.2, 0.25) is 0 Å². The Kier molecular flexibility index (Phi) is 5.40. The van der Waals surface area contributed by atoms with Crippen LogP contribution in [0.25, 0.3) is 0 Å². The monoisotopic (exact) mass is 378 g/mol. The third-order valence-electron chi connectivity index (χ3n) is 4.52. The zero-order valence-corrected chi connectivity index (χ0v) is 15.4. The average molecular weight is 378 g/mol. The summed E-state index contributed by atoms with van der Waals surface area (Å²) in [6.07, 6.45) is 5.64. The summed E-state index contributed by atoms with van der Waals surface area (Å²) in [5.74, 6) is -0.247. The molecule has 140 valence electrons. The Morgan fingerprint density at radius 3 is 2.81 bits per heavy atom. The minimum atomic E-state index is -3.95. The average Bonchev–Trinajstić information content (AvgIpc) is 2.98. The van der Waals surface area contributed by atoms with Gasteiger partial charge in [0, 0.05) is 51.2 Å². The van der Waals surface area contributed by atoms with Gasteiger partial charge in [0.1, 0.15) is 6.26 Å². The molecule has 3 heterocycles. The van der Waals surface area contributed by atoms with Gasteiger partial charge in [-0.2, -0.15) is 0 Å². The number of amides is 1. The smallest absolute Gasteiger partial charge is 0.271 e. The quantitative estimate of drug-likeness (QED) is 0.849. The number of carbonyl (C=O) groups excluding carboxylic acids is 1. The van der Waals surface area contributed by atoms with E-state index in [1.165, 1.54) is 17.2 Å². The van der Waals surface area contributed by atoms with Gasteiger partial charge in [-0.3, -0.25) is 14.7 Å². The van der Waals surface area contributed by atoms with Crippen LogP contribution in [0.4, 0.5) is 0 Å². The number of aromatic nitrogens is 1. The van der Waals surface area contributed by atoms with Crippen molar-refractivity contribution < 1.29 is 17.6 Å². The lowest BCUT2D eigenvalue weighted by atomic mass is 10.1. The summed E-state index contributed by atoms with van der Waals surface area (Å²) in [4.78, 5) is 20.8. The first-order valence-electron chi connectivity index (χ1n) is 8.37. The van der Waals surface area contributed by atoms with Crippen LogP contribution in [-0.2, 0) is 16.6 Å². The molecule has 0 atom stereocenters. The molecule has 0 aromatic carbocycles. The van der Waals surface area contributed by atoms with Crippen molar-refractivity contribution in [2.75, 3.05) is 26.2 Å². The van der Waals surface area contributed by atoms with Gasteiger partial charge < -0.3 is 9.32 Å². The fourth-order valence-electron chi connectivity index (χ4n) is 3.00. The van der Waals surface area contributed by atoms with Crippen LogP contribution in [0.5, 0.6) is 0 Å². The molecule has 2 N–H and O–H groups in total. The van der Waals surface area contributed by atoms with E-state index in [-0.39, 0.29) is 11.5 Å². The van der Waals surface area contributed by atoms with Gasteiger partial charge in [-0.05, 0) is 30.5 Å². The van der Waals surface area contributed by atoms with E-state index in [2.05, 4.69) is 16.8 Å².